The van der Waals surface area contributed by atoms with Gasteiger partial charge in [0, 0.05) is 38.7 Å². The topological polar surface area (TPSA) is 100 Å². The molecule has 5 unspecified atom stereocenters. The second-order valence-electron chi connectivity index (χ2n) is 21.9. The van der Waals surface area contributed by atoms with Crippen molar-refractivity contribution in [1.29, 1.82) is 0 Å². The molecule has 10 aliphatic heterocycles. The van der Waals surface area contributed by atoms with Gasteiger partial charge >= 0.3 is 0 Å². The molecule has 0 N–H and O–H groups in total. The highest BCUT2D eigenvalue weighted by atomic mass is 28.4. The average molecular weight is 827 g/mol. The second kappa shape index (κ2) is 16.0. The maximum atomic E-state index is 14.3. The van der Waals surface area contributed by atoms with E-state index in [0.717, 1.165) is 76.4 Å². The van der Waals surface area contributed by atoms with E-state index in [-0.39, 0.29) is 108 Å². The van der Waals surface area contributed by atoms with Crippen LogP contribution in [0.15, 0.2) is 24.3 Å². The molecule has 0 aromatic rings. The zero-order valence-electron chi connectivity index (χ0n) is 36.8. The minimum atomic E-state index is -1.88. The Balaban J connectivity index is 0.953. The quantitative estimate of drug-likeness (QED) is 0.199. The Morgan fingerprint density at radius 3 is 2.26 bits per heavy atom. The summed E-state index contributed by atoms with van der Waals surface area (Å²) in [7, 11) is -1.88. The SMILES string of the molecule is C=C1C[C@@H]2CC[C@@]34CC5OC6[C@@H](O3)C3O[C@H](CC[C@@H]3O[C@H]6[C@H]5O4)CC(=O)C[C@H]3C(C[C@H]4O[C@@H](CCC1O2)C[C@@H](C)C4=C)O[C@H](C[C@H](C)CO[Si](C)(C)C(C)(C)C)[C@@H]3C. The van der Waals surface area contributed by atoms with E-state index in [2.05, 4.69) is 67.8 Å². The minimum Gasteiger partial charge on any atom is -0.417 e. The molecular formula is C47H74O10Si. The van der Waals surface area contributed by atoms with E-state index in [0.29, 0.717) is 31.1 Å². The van der Waals surface area contributed by atoms with Crippen LogP contribution in [0.3, 0.4) is 0 Å². The van der Waals surface area contributed by atoms with E-state index in [9.17, 15) is 4.79 Å². The van der Waals surface area contributed by atoms with Gasteiger partial charge in [-0.05, 0) is 104 Å². The molecule has 10 saturated heterocycles. The number of rotatable bonds is 5. The van der Waals surface area contributed by atoms with Gasteiger partial charge in [-0.15, -0.1) is 0 Å². The molecule has 0 aromatic carbocycles. The van der Waals surface area contributed by atoms with Crippen LogP contribution in [0.25, 0.3) is 0 Å². The van der Waals surface area contributed by atoms with Gasteiger partial charge in [-0.25, -0.2) is 0 Å². The highest BCUT2D eigenvalue weighted by Crippen LogP contribution is 2.54. The normalized spacial score (nSPS) is 48.8. The summed E-state index contributed by atoms with van der Waals surface area (Å²) >= 11 is 0. The minimum absolute atomic E-state index is 0.0185. The van der Waals surface area contributed by atoms with Gasteiger partial charge in [0.05, 0.1) is 54.9 Å². The summed E-state index contributed by atoms with van der Waals surface area (Å²) in [4.78, 5) is 14.3. The molecule has 0 aromatic heterocycles. The summed E-state index contributed by atoms with van der Waals surface area (Å²) in [6.07, 6.45) is 8.52. The standard InChI is InChI=1S/C47H74O10Si/c1-25(24-49-58(9,10)46(6,7)8)17-37-29(5)34-21-30(48)20-32-12-14-36-41(52-32)45-44-43(54-36)42-40(55-44)23-47(56-42,57-45)16-15-33-19-27(3)35(50-33)13-11-31-18-26(2)28(4)38(51-31)22-39(34)53-37/h25-26,29,31-45H,3-4,11-24H2,1-2,5-10H3/t25-,26+,29+,31-,32+,33-,34+,35?,36-,37+,38+,39?,40?,41?,42-,43-,44?,45-,47-/m0/s1. The maximum Gasteiger partial charge on any atom is 0.191 e. The molecule has 19 atom stereocenters. The van der Waals surface area contributed by atoms with E-state index in [1.165, 1.54) is 5.57 Å². The predicted molar refractivity (Wildman–Crippen MR) is 222 cm³/mol. The molecule has 10 nitrogen and oxygen atoms in total. The largest absolute Gasteiger partial charge is 0.417 e. The third-order valence-corrected chi connectivity index (χ3v) is 21.1. The number of carbonyl (C=O) groups excluding carboxylic acids is 1. The van der Waals surface area contributed by atoms with Gasteiger partial charge in [-0.2, -0.15) is 0 Å². The van der Waals surface area contributed by atoms with E-state index in [1.54, 1.807) is 0 Å². The zero-order valence-corrected chi connectivity index (χ0v) is 37.8. The number of ketones is 1. The molecule has 326 valence electrons. The maximum absolute atomic E-state index is 14.3. The highest BCUT2D eigenvalue weighted by molar-refractivity contribution is 6.74. The van der Waals surface area contributed by atoms with Gasteiger partial charge in [0.2, 0.25) is 0 Å². The fourth-order valence-electron chi connectivity index (χ4n) is 11.9. The smallest absolute Gasteiger partial charge is 0.191 e. The molecule has 10 fully saturated rings. The molecule has 10 aliphatic rings. The van der Waals surface area contributed by atoms with Crippen molar-refractivity contribution in [3.05, 3.63) is 24.3 Å². The molecule has 10 heterocycles. The Morgan fingerprint density at radius 1 is 0.759 bits per heavy atom. The average Bonchev–Trinajstić information content (AvgIpc) is 3.82. The Labute approximate surface area is 349 Å². The first-order chi connectivity index (χ1) is 27.5. The summed E-state index contributed by atoms with van der Waals surface area (Å²) in [6, 6.07) is 0. The van der Waals surface area contributed by atoms with E-state index < -0.39 is 14.1 Å². The predicted octanol–water partition coefficient (Wildman–Crippen LogP) is 8.40. The molecule has 1 spiro atoms. The van der Waals surface area contributed by atoms with Crippen LogP contribution < -0.4 is 0 Å². The molecule has 0 amide bonds. The van der Waals surface area contributed by atoms with Gasteiger partial charge in [0.1, 0.15) is 36.3 Å². The van der Waals surface area contributed by atoms with Crippen molar-refractivity contribution in [2.45, 2.75) is 234 Å². The summed E-state index contributed by atoms with van der Waals surface area (Å²) in [5, 5.41) is 0.162. The summed E-state index contributed by atoms with van der Waals surface area (Å²) in [5.74, 6) is 0.467. The first kappa shape index (κ1) is 42.3. The van der Waals surface area contributed by atoms with Crippen LogP contribution in [0, 0.1) is 23.7 Å². The van der Waals surface area contributed by atoms with Crippen molar-refractivity contribution in [2.24, 2.45) is 23.7 Å². The van der Waals surface area contributed by atoms with Crippen LogP contribution in [-0.4, -0.2) is 112 Å². The molecule has 10 rings (SSSR count). The molecular weight excluding hydrogens is 753 g/mol. The Kier molecular flexibility index (Phi) is 11.7. The molecule has 0 radical (unpaired) electrons. The molecule has 58 heavy (non-hydrogen) atoms. The van der Waals surface area contributed by atoms with Gasteiger partial charge < -0.3 is 42.3 Å². The van der Waals surface area contributed by atoms with Crippen molar-refractivity contribution in [3.8, 4) is 0 Å². The van der Waals surface area contributed by atoms with Crippen molar-refractivity contribution < 1.29 is 47.1 Å². The van der Waals surface area contributed by atoms with E-state index in [1.807, 2.05) is 0 Å². The summed E-state index contributed by atoms with van der Waals surface area (Å²) in [6.45, 7) is 28.2. The number of hydrogen-bond acceptors (Lipinski definition) is 10. The van der Waals surface area contributed by atoms with Gasteiger partial charge in [-0.1, -0.05) is 54.7 Å². The lowest BCUT2D eigenvalue weighted by molar-refractivity contribution is -0.292. The van der Waals surface area contributed by atoms with Crippen LogP contribution in [0.5, 0.6) is 0 Å². The molecule has 0 saturated carbocycles. The van der Waals surface area contributed by atoms with E-state index in [4.69, 9.17) is 42.3 Å². The number of hydrogen-bond donors (Lipinski definition) is 0. The van der Waals surface area contributed by atoms with Crippen LogP contribution in [-0.2, 0) is 47.1 Å². The monoisotopic (exact) mass is 827 g/mol. The molecule has 0 aliphatic carbocycles. The number of ether oxygens (including phenoxy) is 8. The van der Waals surface area contributed by atoms with Crippen LogP contribution in [0.4, 0.5) is 0 Å². The van der Waals surface area contributed by atoms with Gasteiger partial charge in [-0.3, -0.25) is 4.79 Å². The van der Waals surface area contributed by atoms with Gasteiger partial charge in [0.15, 0.2) is 14.1 Å². The van der Waals surface area contributed by atoms with E-state index >= 15 is 0 Å². The first-order valence-corrected chi connectivity index (χ1v) is 26.2. The summed E-state index contributed by atoms with van der Waals surface area (Å²) in [5.41, 5.74) is 2.32. The summed E-state index contributed by atoms with van der Waals surface area (Å²) < 4.78 is 61.6. The number of fused-ring (bicyclic) bond motifs is 6. The highest BCUT2D eigenvalue weighted by Gasteiger charge is 2.68. The lowest BCUT2D eigenvalue weighted by Crippen LogP contribution is -2.61. The third kappa shape index (κ3) is 8.07. The van der Waals surface area contributed by atoms with Crippen molar-refractivity contribution in [1.82, 2.24) is 0 Å². The Hall–Kier alpha value is -0.993. The fraction of sp³-hybridized carbons (Fsp3) is 0.894. The Morgan fingerprint density at radius 2 is 1.47 bits per heavy atom. The first-order valence-electron chi connectivity index (χ1n) is 23.3. The Bertz CT molecular complexity index is 1560. The second-order valence-corrected chi connectivity index (χ2v) is 26.7. The van der Waals surface area contributed by atoms with Crippen molar-refractivity contribution in [2.75, 3.05) is 6.61 Å². The van der Waals surface area contributed by atoms with Crippen molar-refractivity contribution in [3.63, 3.8) is 0 Å². The zero-order chi connectivity index (χ0) is 40.9. The third-order valence-electron chi connectivity index (χ3n) is 16.6. The van der Waals surface area contributed by atoms with Crippen LogP contribution in [0.2, 0.25) is 18.1 Å². The van der Waals surface area contributed by atoms with Crippen LogP contribution >= 0.6 is 0 Å². The number of carbonyl (C=O) groups is 1. The molecule has 11 heteroatoms. The lowest BCUT2D eigenvalue weighted by Gasteiger charge is -2.47. The number of Topliss-reactive ketones (excluding diaryl/α,β-unsaturated/α-hetero) is 1. The molecule has 12 bridgehead atoms. The fourth-order valence-corrected chi connectivity index (χ4v) is 13.1. The lowest BCUT2D eigenvalue weighted by atomic mass is 9.78. The van der Waals surface area contributed by atoms with Gasteiger partial charge in [0.25, 0.3) is 0 Å². The van der Waals surface area contributed by atoms with Crippen LogP contribution in [0.1, 0.15) is 125 Å². The van der Waals surface area contributed by atoms with Crippen molar-refractivity contribution >= 4 is 14.1 Å².